The Balaban J connectivity index is 2.16. The lowest BCUT2D eigenvalue weighted by atomic mass is 10.6. The highest BCUT2D eigenvalue weighted by molar-refractivity contribution is 14.1. The minimum Gasteiger partial charge on any atom is -0.227 e. The molecule has 0 N–H and O–H groups in total. The molecular formula is C10H12I4N4+2. The number of nitrogens with zero attached hydrogens (tertiary/aromatic N) is 4. The molecule has 0 aliphatic rings. The van der Waals surface area contributed by atoms with Gasteiger partial charge < -0.3 is 0 Å². The third-order valence-electron chi connectivity index (χ3n) is 2.67. The van der Waals surface area contributed by atoms with Crippen molar-refractivity contribution in [3.05, 3.63) is 27.5 Å². The van der Waals surface area contributed by atoms with Crippen molar-refractivity contribution < 1.29 is 9.13 Å². The van der Waals surface area contributed by atoms with Gasteiger partial charge >= 0.3 is 0 Å². The lowest BCUT2D eigenvalue weighted by Crippen LogP contribution is -2.29. The standard InChI is InChI=1S/C10H12I4N4/c1-15-5-17(9(13)7(15)11)3-4-18-6-16(2)8(12)10(18)14/h5-6H,3-4H2,1-2H3/q+2. The topological polar surface area (TPSA) is 17.6 Å². The van der Waals surface area contributed by atoms with Crippen LogP contribution in [0.25, 0.3) is 0 Å². The Hall–Kier alpha value is 1.34. The second kappa shape index (κ2) is 6.41. The van der Waals surface area contributed by atoms with Gasteiger partial charge in [0.15, 0.2) is 0 Å². The maximum absolute atomic E-state index is 2.41. The van der Waals surface area contributed by atoms with Crippen LogP contribution in [0.15, 0.2) is 12.7 Å². The smallest absolute Gasteiger partial charge is 0.227 e. The Morgan fingerprint density at radius 1 is 0.833 bits per heavy atom. The number of hydrogen-bond acceptors (Lipinski definition) is 0. The predicted octanol–water partition coefficient (Wildman–Crippen LogP) is 2.06. The van der Waals surface area contributed by atoms with Crippen LogP contribution in [-0.4, -0.2) is 9.13 Å². The van der Waals surface area contributed by atoms with Crippen LogP contribution in [0.2, 0.25) is 0 Å². The highest BCUT2D eigenvalue weighted by Gasteiger charge is 2.20. The average Bonchev–Trinajstić information content (AvgIpc) is 2.72. The van der Waals surface area contributed by atoms with Crippen molar-refractivity contribution in [3.63, 3.8) is 0 Å². The van der Waals surface area contributed by atoms with Gasteiger partial charge in [-0.05, 0) is 0 Å². The van der Waals surface area contributed by atoms with E-state index in [4.69, 9.17) is 0 Å². The third-order valence-corrected chi connectivity index (χ3v) is 9.54. The lowest BCUT2D eigenvalue weighted by Gasteiger charge is -1.96. The van der Waals surface area contributed by atoms with Gasteiger partial charge in [-0.25, -0.2) is 18.3 Å². The molecule has 0 aliphatic heterocycles. The van der Waals surface area contributed by atoms with Gasteiger partial charge in [0.1, 0.15) is 13.1 Å². The quantitative estimate of drug-likeness (QED) is 0.346. The summed E-state index contributed by atoms with van der Waals surface area (Å²) < 4.78 is 14.1. The zero-order chi connectivity index (χ0) is 13.4. The van der Waals surface area contributed by atoms with Gasteiger partial charge in [-0.3, -0.25) is 0 Å². The van der Waals surface area contributed by atoms with Crippen molar-refractivity contribution in [2.45, 2.75) is 13.1 Å². The molecule has 0 saturated heterocycles. The van der Waals surface area contributed by atoms with E-state index in [1.54, 1.807) is 0 Å². The van der Waals surface area contributed by atoms with Gasteiger partial charge in [0.05, 0.1) is 14.1 Å². The Morgan fingerprint density at radius 3 is 1.39 bits per heavy atom. The molecule has 2 aromatic rings. The SMILES string of the molecule is C[n+]1cn(CCn2c[n+](C)c(I)c2I)c(I)c1I. The first-order valence-corrected chi connectivity index (χ1v) is 9.53. The number of aromatic nitrogens is 4. The first-order valence-electron chi connectivity index (χ1n) is 5.21. The molecule has 4 nitrogen and oxygen atoms in total. The third kappa shape index (κ3) is 3.15. The fourth-order valence-electron chi connectivity index (χ4n) is 1.68. The van der Waals surface area contributed by atoms with E-state index >= 15 is 0 Å². The molecule has 0 spiro atoms. The van der Waals surface area contributed by atoms with Crippen LogP contribution in [0.3, 0.4) is 0 Å². The second-order valence-corrected chi connectivity index (χ2v) is 8.09. The van der Waals surface area contributed by atoms with Gasteiger partial charge in [-0.1, -0.05) is 0 Å². The molecule has 0 bridgehead atoms. The second-order valence-electron chi connectivity index (χ2n) is 4.00. The molecule has 8 heteroatoms. The number of rotatable bonds is 3. The summed E-state index contributed by atoms with van der Waals surface area (Å²) in [7, 11) is 4.17. The first kappa shape index (κ1) is 15.7. The Labute approximate surface area is 161 Å². The van der Waals surface area contributed by atoms with Gasteiger partial charge in [-0.2, -0.15) is 0 Å². The molecule has 0 radical (unpaired) electrons. The molecule has 0 aliphatic carbocycles. The van der Waals surface area contributed by atoms with Crippen LogP contribution in [0, 0.1) is 14.8 Å². The average molecular weight is 696 g/mol. The van der Waals surface area contributed by atoms with Crippen LogP contribution in [0.1, 0.15) is 0 Å². The molecule has 2 rings (SSSR count). The summed E-state index contributed by atoms with van der Waals surface area (Å²) in [5.74, 6) is 0. The van der Waals surface area contributed by atoms with Crippen molar-refractivity contribution in [1.82, 2.24) is 9.13 Å². The van der Waals surface area contributed by atoms with Crippen molar-refractivity contribution in [2.24, 2.45) is 14.1 Å². The minimum absolute atomic E-state index is 0.996. The maximum atomic E-state index is 2.41. The highest BCUT2D eigenvalue weighted by Crippen LogP contribution is 2.14. The molecular weight excluding hydrogens is 684 g/mol. The zero-order valence-corrected chi connectivity index (χ0v) is 18.5. The van der Waals surface area contributed by atoms with Gasteiger partial charge in [0.2, 0.25) is 27.5 Å². The summed E-state index contributed by atoms with van der Waals surface area (Å²) in [6.07, 6.45) is 4.32. The Morgan fingerprint density at radius 2 is 1.17 bits per heavy atom. The van der Waals surface area contributed by atoms with Crippen molar-refractivity contribution in [1.29, 1.82) is 0 Å². The number of aryl methyl sites for hydroxylation is 4. The number of hydrogen-bond donors (Lipinski definition) is 0. The largest absolute Gasteiger partial charge is 0.245 e. The summed E-state index contributed by atoms with van der Waals surface area (Å²) in [6, 6.07) is 0. The van der Waals surface area contributed by atoms with Crippen LogP contribution in [0.4, 0.5) is 0 Å². The van der Waals surface area contributed by atoms with Gasteiger partial charge in [-0.15, -0.1) is 0 Å². The molecule has 0 saturated carbocycles. The van der Waals surface area contributed by atoms with Crippen molar-refractivity contribution in [3.8, 4) is 0 Å². The van der Waals surface area contributed by atoms with Gasteiger partial charge in [0, 0.05) is 90.4 Å². The molecule has 0 fully saturated rings. The highest BCUT2D eigenvalue weighted by atomic mass is 127. The van der Waals surface area contributed by atoms with Crippen LogP contribution in [0.5, 0.6) is 0 Å². The summed E-state index contributed by atoms with van der Waals surface area (Å²) in [5.41, 5.74) is 0. The van der Waals surface area contributed by atoms with Crippen LogP contribution >= 0.6 is 90.4 Å². The lowest BCUT2D eigenvalue weighted by molar-refractivity contribution is -0.684. The number of halogens is 4. The molecule has 0 aromatic carbocycles. The van der Waals surface area contributed by atoms with E-state index in [2.05, 4.69) is 135 Å². The summed E-state index contributed by atoms with van der Waals surface area (Å²) in [4.78, 5) is 0. The minimum atomic E-state index is 0.996. The molecule has 0 amide bonds. The Kier molecular flexibility index (Phi) is 5.60. The van der Waals surface area contributed by atoms with Gasteiger partial charge in [0.25, 0.3) is 0 Å². The zero-order valence-electron chi connectivity index (χ0n) is 9.87. The monoisotopic (exact) mass is 696 g/mol. The van der Waals surface area contributed by atoms with E-state index in [0.29, 0.717) is 0 Å². The molecule has 2 aromatic heterocycles. The summed E-state index contributed by atoms with van der Waals surface area (Å²) in [5, 5.41) is 0. The van der Waals surface area contributed by atoms with Crippen LogP contribution in [-0.2, 0) is 27.2 Å². The van der Waals surface area contributed by atoms with E-state index in [-0.39, 0.29) is 0 Å². The van der Waals surface area contributed by atoms with E-state index in [0.717, 1.165) is 13.1 Å². The molecule has 0 atom stereocenters. The summed E-state index contributed by atoms with van der Waals surface area (Å²) >= 11 is 9.57. The van der Waals surface area contributed by atoms with E-state index in [1.807, 2.05) is 0 Å². The summed E-state index contributed by atoms with van der Waals surface area (Å²) in [6.45, 7) is 1.99. The molecule has 0 unspecified atom stereocenters. The fraction of sp³-hybridized carbons (Fsp3) is 0.400. The molecule has 2 heterocycles. The molecule has 18 heavy (non-hydrogen) atoms. The first-order chi connectivity index (χ1) is 8.41. The van der Waals surface area contributed by atoms with Crippen LogP contribution < -0.4 is 9.13 Å². The van der Waals surface area contributed by atoms with E-state index in [9.17, 15) is 0 Å². The molecule has 98 valence electrons. The predicted molar refractivity (Wildman–Crippen MR) is 102 cm³/mol. The Bertz CT molecular complexity index is 535. The maximum Gasteiger partial charge on any atom is 0.245 e. The number of imidazole rings is 2. The van der Waals surface area contributed by atoms with E-state index < -0.39 is 0 Å². The van der Waals surface area contributed by atoms with Crippen molar-refractivity contribution in [2.75, 3.05) is 0 Å². The van der Waals surface area contributed by atoms with Crippen molar-refractivity contribution >= 4 is 90.4 Å². The fourth-order valence-corrected chi connectivity index (χ4v) is 4.04. The van der Waals surface area contributed by atoms with E-state index in [1.165, 1.54) is 14.8 Å². The normalized spacial score (nSPS) is 11.2.